The van der Waals surface area contributed by atoms with Crippen LogP contribution in [0.3, 0.4) is 0 Å². The molecule has 3 unspecified atom stereocenters. The predicted molar refractivity (Wildman–Crippen MR) is 391 cm³/mol. The summed E-state index contributed by atoms with van der Waals surface area (Å²) >= 11 is 0. The number of phosphoric acid groups is 2. The second-order valence-corrected chi connectivity index (χ2v) is 31.8. The van der Waals surface area contributed by atoms with Gasteiger partial charge in [-0.3, -0.25) is 37.3 Å². The van der Waals surface area contributed by atoms with Crippen LogP contribution in [0.4, 0.5) is 0 Å². The lowest BCUT2D eigenvalue weighted by Crippen LogP contribution is -2.30. The zero-order chi connectivity index (χ0) is 70.9. The molecule has 0 aliphatic carbocycles. The maximum absolute atomic E-state index is 13.1. The average Bonchev–Trinajstić information content (AvgIpc) is 1.17. The lowest BCUT2D eigenvalue weighted by molar-refractivity contribution is -0.161. The topological polar surface area (TPSA) is 237 Å². The molecule has 0 radical (unpaired) electrons. The van der Waals surface area contributed by atoms with Crippen LogP contribution in [0.1, 0.15) is 395 Å². The first-order valence-electron chi connectivity index (χ1n) is 39.9. The van der Waals surface area contributed by atoms with Crippen LogP contribution in [-0.4, -0.2) is 96.7 Å². The first-order valence-corrected chi connectivity index (χ1v) is 42.9. The summed E-state index contributed by atoms with van der Waals surface area (Å²) in [5.74, 6) is 0.209. The number of carbonyl (C=O) groups excluding carboxylic acids is 4. The van der Waals surface area contributed by atoms with Crippen molar-refractivity contribution in [3.05, 3.63) is 0 Å². The molecule has 3 N–H and O–H groups in total. The highest BCUT2D eigenvalue weighted by Crippen LogP contribution is 2.45. The van der Waals surface area contributed by atoms with Crippen molar-refractivity contribution in [1.82, 2.24) is 0 Å². The van der Waals surface area contributed by atoms with Gasteiger partial charge in [0.15, 0.2) is 12.2 Å². The maximum atomic E-state index is 13.1. The van der Waals surface area contributed by atoms with E-state index in [1.807, 2.05) is 0 Å². The summed E-state index contributed by atoms with van der Waals surface area (Å²) in [5, 5.41) is 10.6. The fourth-order valence-electron chi connectivity index (χ4n) is 11.7. The van der Waals surface area contributed by atoms with Crippen molar-refractivity contribution in [1.29, 1.82) is 0 Å². The van der Waals surface area contributed by atoms with E-state index in [4.69, 9.17) is 37.0 Å². The van der Waals surface area contributed by atoms with E-state index in [-0.39, 0.29) is 25.7 Å². The number of hydrogen-bond donors (Lipinski definition) is 3. The molecular formula is C77H150O17P2. The Kier molecular flexibility index (Phi) is 66.2. The van der Waals surface area contributed by atoms with E-state index in [2.05, 4.69) is 48.5 Å². The van der Waals surface area contributed by atoms with Gasteiger partial charge in [-0.2, -0.15) is 0 Å². The molecule has 0 saturated heterocycles. The number of carbonyl (C=O) groups is 4. The van der Waals surface area contributed by atoms with E-state index >= 15 is 0 Å². The molecule has 0 bridgehead atoms. The quantitative estimate of drug-likeness (QED) is 0.0222. The van der Waals surface area contributed by atoms with Crippen molar-refractivity contribution < 1.29 is 80.2 Å². The highest BCUT2D eigenvalue weighted by Gasteiger charge is 2.30. The van der Waals surface area contributed by atoms with Gasteiger partial charge >= 0.3 is 39.5 Å². The molecule has 19 heteroatoms. The average molecular weight is 1410 g/mol. The highest BCUT2D eigenvalue weighted by atomic mass is 31.2. The Balaban J connectivity index is 5.27. The fourth-order valence-corrected chi connectivity index (χ4v) is 13.3. The van der Waals surface area contributed by atoms with Gasteiger partial charge in [0, 0.05) is 25.7 Å². The van der Waals surface area contributed by atoms with Crippen molar-refractivity contribution in [3.8, 4) is 0 Å². The lowest BCUT2D eigenvalue weighted by atomic mass is 9.99. The van der Waals surface area contributed by atoms with E-state index in [1.165, 1.54) is 205 Å². The number of unbranched alkanes of at least 4 members (excludes halogenated alkanes) is 42. The summed E-state index contributed by atoms with van der Waals surface area (Å²) in [7, 11) is -9.92. The summed E-state index contributed by atoms with van der Waals surface area (Å²) < 4.78 is 68.6. The van der Waals surface area contributed by atoms with Crippen LogP contribution in [0.2, 0.25) is 0 Å². The number of rotatable bonds is 75. The van der Waals surface area contributed by atoms with Crippen LogP contribution in [-0.2, 0) is 65.4 Å². The largest absolute Gasteiger partial charge is 0.472 e. The molecule has 0 rings (SSSR count). The van der Waals surface area contributed by atoms with Crippen LogP contribution in [0, 0.1) is 17.8 Å². The van der Waals surface area contributed by atoms with Crippen LogP contribution in [0.25, 0.3) is 0 Å². The van der Waals surface area contributed by atoms with Crippen molar-refractivity contribution in [2.45, 2.75) is 414 Å². The summed E-state index contributed by atoms with van der Waals surface area (Å²) in [6.07, 6.45) is 53.9. The van der Waals surface area contributed by atoms with Crippen LogP contribution < -0.4 is 0 Å². The van der Waals surface area contributed by atoms with Gasteiger partial charge in [-0.15, -0.1) is 0 Å². The second-order valence-electron chi connectivity index (χ2n) is 28.9. The Labute approximate surface area is 588 Å². The molecule has 6 atom stereocenters. The smallest absolute Gasteiger partial charge is 0.462 e. The monoisotopic (exact) mass is 1410 g/mol. The SMILES string of the molecule is CCCCCCCCCCCCCCCCC(=O)OC[C@H](COP(=O)(O)OC[C@@H](O)COP(=O)(O)OC[C@@H](COC(=O)CCCCCCCCCCC(C)CC)OC(=O)CCCCCCCCCCCCC(C)C)OC(=O)CCCCCCCCCCCCCCCCC(C)C. The third-order valence-corrected chi connectivity index (χ3v) is 20.1. The minimum absolute atomic E-state index is 0.105. The molecule has 0 saturated carbocycles. The summed E-state index contributed by atoms with van der Waals surface area (Å²) in [5.41, 5.74) is 0. The number of esters is 4. The molecule has 96 heavy (non-hydrogen) atoms. The molecule has 0 aromatic carbocycles. The van der Waals surface area contributed by atoms with Crippen LogP contribution in [0.5, 0.6) is 0 Å². The molecule has 0 amide bonds. The maximum Gasteiger partial charge on any atom is 0.472 e. The standard InChI is InChI=1S/C77H150O17P2/c1-8-10-11-12-13-14-15-16-20-23-29-37-44-51-58-74(79)87-64-72(93-76(81)60-53-46-39-30-24-21-18-17-19-22-27-34-41-48-55-68(3)4)66-91-95(83,84)89-62-71(78)63-90-96(85,86)92-67-73(65-88-75(80)59-52-45-38-33-32-36-43-50-57-70(7)9-2)94-77(82)61-54-47-40-31-26-25-28-35-42-49-56-69(5)6/h68-73,78H,8-67H2,1-7H3,(H,83,84)(H,85,86)/t70?,71-,72-,73-/m1/s1. The molecule has 0 heterocycles. The van der Waals surface area contributed by atoms with E-state index in [0.717, 1.165) is 108 Å². The molecule has 17 nitrogen and oxygen atoms in total. The molecule has 0 aliphatic rings. The van der Waals surface area contributed by atoms with Crippen molar-refractivity contribution in [3.63, 3.8) is 0 Å². The number of aliphatic hydroxyl groups is 1. The highest BCUT2D eigenvalue weighted by molar-refractivity contribution is 7.47. The van der Waals surface area contributed by atoms with E-state index in [0.29, 0.717) is 25.7 Å². The lowest BCUT2D eigenvalue weighted by Gasteiger charge is -2.21. The number of aliphatic hydroxyl groups excluding tert-OH is 1. The molecule has 0 aliphatic heterocycles. The molecule has 0 spiro atoms. The van der Waals surface area contributed by atoms with E-state index in [9.17, 15) is 43.2 Å². The predicted octanol–water partition coefficient (Wildman–Crippen LogP) is 22.6. The normalized spacial score (nSPS) is 14.3. The number of ether oxygens (including phenoxy) is 4. The Morgan fingerprint density at radius 3 is 0.792 bits per heavy atom. The van der Waals surface area contributed by atoms with Gasteiger partial charge in [-0.1, -0.05) is 344 Å². The molecule has 0 fully saturated rings. The first kappa shape index (κ1) is 94.1. The Morgan fingerprint density at radius 2 is 0.531 bits per heavy atom. The number of phosphoric ester groups is 2. The van der Waals surface area contributed by atoms with Gasteiger partial charge in [0.2, 0.25) is 0 Å². The Morgan fingerprint density at radius 1 is 0.302 bits per heavy atom. The summed E-state index contributed by atoms with van der Waals surface area (Å²) in [6.45, 7) is 11.9. The minimum Gasteiger partial charge on any atom is -0.462 e. The third-order valence-electron chi connectivity index (χ3n) is 18.2. The summed E-state index contributed by atoms with van der Waals surface area (Å²) in [4.78, 5) is 72.9. The molecule has 570 valence electrons. The van der Waals surface area contributed by atoms with E-state index < -0.39 is 97.5 Å². The fraction of sp³-hybridized carbons (Fsp3) is 0.948. The summed E-state index contributed by atoms with van der Waals surface area (Å²) in [6, 6.07) is 0. The van der Waals surface area contributed by atoms with Crippen molar-refractivity contribution >= 4 is 39.5 Å². The van der Waals surface area contributed by atoms with Gasteiger partial charge in [0.25, 0.3) is 0 Å². The van der Waals surface area contributed by atoms with Gasteiger partial charge in [0.1, 0.15) is 19.3 Å². The van der Waals surface area contributed by atoms with Gasteiger partial charge in [-0.05, 0) is 43.4 Å². The van der Waals surface area contributed by atoms with Gasteiger partial charge in [0.05, 0.1) is 26.4 Å². The zero-order valence-corrected chi connectivity index (χ0v) is 64.6. The van der Waals surface area contributed by atoms with Gasteiger partial charge in [-0.25, -0.2) is 9.13 Å². The Hall–Kier alpha value is -1.94. The van der Waals surface area contributed by atoms with Crippen LogP contribution in [0.15, 0.2) is 0 Å². The first-order chi connectivity index (χ1) is 46.3. The number of hydrogen-bond acceptors (Lipinski definition) is 15. The molecular weight excluding hydrogens is 1260 g/mol. The van der Waals surface area contributed by atoms with Crippen LogP contribution >= 0.6 is 15.6 Å². The zero-order valence-electron chi connectivity index (χ0n) is 62.8. The third kappa shape index (κ3) is 69.2. The Bertz CT molecular complexity index is 1870. The minimum atomic E-state index is -4.96. The molecule has 0 aromatic rings. The second kappa shape index (κ2) is 67.5. The van der Waals surface area contributed by atoms with Crippen molar-refractivity contribution in [2.75, 3.05) is 39.6 Å². The van der Waals surface area contributed by atoms with Crippen molar-refractivity contribution in [2.24, 2.45) is 17.8 Å². The van der Waals surface area contributed by atoms with Gasteiger partial charge < -0.3 is 33.8 Å². The van der Waals surface area contributed by atoms with E-state index in [1.54, 1.807) is 0 Å². The molecule has 0 aromatic heterocycles.